The molecule has 1 rings (SSSR count). The van der Waals surface area contributed by atoms with E-state index < -0.39 is 12.6 Å². The van der Waals surface area contributed by atoms with Crippen molar-refractivity contribution in [1.82, 2.24) is 14.9 Å². The van der Waals surface area contributed by atoms with Crippen LogP contribution < -0.4 is 5.32 Å². The molecule has 0 spiro atoms. The van der Waals surface area contributed by atoms with Crippen LogP contribution in [0.4, 0.5) is 13.2 Å². The largest absolute Gasteiger partial charge is 0.389 e. The number of aromatic nitrogens is 2. The first-order valence-electron chi connectivity index (χ1n) is 6.18. The molecule has 0 aromatic carbocycles. The summed E-state index contributed by atoms with van der Waals surface area (Å²) in [4.78, 5) is 4.17. The number of nitrogens with one attached hydrogen (secondary N) is 1. The minimum atomic E-state index is -4.07. The fraction of sp³-hybridized carbons (Fsp3) is 0.750. The van der Waals surface area contributed by atoms with E-state index in [1.165, 1.54) is 0 Å². The van der Waals surface area contributed by atoms with Gasteiger partial charge in [0.15, 0.2) is 0 Å². The van der Waals surface area contributed by atoms with Gasteiger partial charge in [-0.05, 0) is 19.4 Å². The Labute approximate surface area is 105 Å². The van der Waals surface area contributed by atoms with Gasteiger partial charge in [0.05, 0.1) is 0 Å². The highest BCUT2D eigenvalue weighted by atomic mass is 19.4. The Hall–Kier alpha value is -1.04. The van der Waals surface area contributed by atoms with Crippen molar-refractivity contribution in [2.45, 2.75) is 44.8 Å². The number of alkyl halides is 3. The van der Waals surface area contributed by atoms with Crippen LogP contribution in [0.2, 0.25) is 0 Å². The van der Waals surface area contributed by atoms with E-state index in [1.807, 2.05) is 24.7 Å². The van der Waals surface area contributed by atoms with Crippen molar-refractivity contribution >= 4 is 0 Å². The van der Waals surface area contributed by atoms with Gasteiger partial charge < -0.3 is 9.88 Å². The monoisotopic (exact) mass is 263 g/mol. The van der Waals surface area contributed by atoms with Gasteiger partial charge in [0.25, 0.3) is 0 Å². The zero-order valence-electron chi connectivity index (χ0n) is 10.8. The summed E-state index contributed by atoms with van der Waals surface area (Å²) in [5.41, 5.74) is 0. The van der Waals surface area contributed by atoms with Crippen molar-refractivity contribution in [3.63, 3.8) is 0 Å². The maximum absolute atomic E-state index is 12.2. The van der Waals surface area contributed by atoms with Crippen LogP contribution in [0.3, 0.4) is 0 Å². The topological polar surface area (TPSA) is 29.9 Å². The van der Waals surface area contributed by atoms with Crippen LogP contribution >= 0.6 is 0 Å². The third-order valence-electron chi connectivity index (χ3n) is 2.91. The lowest BCUT2D eigenvalue weighted by Crippen LogP contribution is -2.31. The van der Waals surface area contributed by atoms with Crippen molar-refractivity contribution in [2.24, 2.45) is 7.05 Å². The molecule has 1 aromatic rings. The van der Waals surface area contributed by atoms with E-state index in [0.29, 0.717) is 19.4 Å². The number of halogens is 3. The summed E-state index contributed by atoms with van der Waals surface area (Å²) < 4.78 is 38.5. The van der Waals surface area contributed by atoms with Crippen molar-refractivity contribution in [2.75, 3.05) is 6.54 Å². The molecule has 3 nitrogen and oxygen atoms in total. The summed E-state index contributed by atoms with van der Waals surface area (Å²) in [7, 11) is 1.89. The van der Waals surface area contributed by atoms with E-state index >= 15 is 0 Å². The van der Waals surface area contributed by atoms with Crippen LogP contribution in [0, 0.1) is 0 Å². The molecule has 18 heavy (non-hydrogen) atoms. The van der Waals surface area contributed by atoms with E-state index in [0.717, 1.165) is 5.82 Å². The quantitative estimate of drug-likeness (QED) is 0.819. The minimum absolute atomic E-state index is 0.103. The predicted molar refractivity (Wildman–Crippen MR) is 64.3 cm³/mol. The summed E-state index contributed by atoms with van der Waals surface area (Å²) in [6, 6.07) is -0.103. The molecule has 1 atom stereocenters. The number of rotatable bonds is 7. The Kier molecular flexibility index (Phi) is 5.65. The molecule has 0 saturated heterocycles. The molecular formula is C12H20F3N3. The molecule has 1 heterocycles. The molecule has 104 valence electrons. The number of aryl methyl sites for hydroxylation is 2. The van der Waals surface area contributed by atoms with Gasteiger partial charge >= 0.3 is 6.18 Å². The number of nitrogens with zero attached hydrogens (tertiary/aromatic N) is 2. The molecule has 0 saturated carbocycles. The van der Waals surface area contributed by atoms with E-state index in [1.54, 1.807) is 6.20 Å². The first-order chi connectivity index (χ1) is 8.42. The van der Waals surface area contributed by atoms with Crippen molar-refractivity contribution in [1.29, 1.82) is 0 Å². The summed E-state index contributed by atoms with van der Waals surface area (Å²) in [5, 5.41) is 3.10. The van der Waals surface area contributed by atoms with Crippen LogP contribution in [0.25, 0.3) is 0 Å². The molecule has 1 aromatic heterocycles. The molecule has 0 aliphatic carbocycles. The second kappa shape index (κ2) is 6.78. The van der Waals surface area contributed by atoms with Crippen molar-refractivity contribution in [3.05, 3.63) is 18.2 Å². The average molecular weight is 263 g/mol. The maximum Gasteiger partial charge on any atom is 0.389 e. The number of hydrogen-bond acceptors (Lipinski definition) is 2. The molecule has 0 aliphatic rings. The Morgan fingerprint density at radius 1 is 1.39 bits per heavy atom. The summed E-state index contributed by atoms with van der Waals surface area (Å²) in [6.45, 7) is 2.59. The van der Waals surface area contributed by atoms with Crippen molar-refractivity contribution < 1.29 is 13.2 Å². The zero-order chi connectivity index (χ0) is 13.6. The summed E-state index contributed by atoms with van der Waals surface area (Å²) in [5.74, 6) is 0.907. The standard InChI is InChI=1S/C12H20F3N3/c1-3-16-10(6-7-12(13,14)15)4-5-11-17-8-9-18(11)2/h8-10,16H,3-7H2,1-2H3. The van der Waals surface area contributed by atoms with Gasteiger partial charge in [-0.25, -0.2) is 4.98 Å². The normalized spacial score (nSPS) is 13.8. The third kappa shape index (κ3) is 5.53. The molecule has 0 amide bonds. The summed E-state index contributed by atoms with van der Waals surface area (Å²) >= 11 is 0. The van der Waals surface area contributed by atoms with E-state index in [4.69, 9.17) is 0 Å². The molecule has 1 N–H and O–H groups in total. The Bertz CT molecular complexity index is 347. The zero-order valence-corrected chi connectivity index (χ0v) is 10.8. The lowest BCUT2D eigenvalue weighted by molar-refractivity contribution is -0.136. The van der Waals surface area contributed by atoms with Gasteiger partial charge in [0.2, 0.25) is 0 Å². The molecule has 6 heteroatoms. The Morgan fingerprint density at radius 2 is 2.11 bits per heavy atom. The van der Waals surface area contributed by atoms with Crippen LogP contribution in [-0.2, 0) is 13.5 Å². The SMILES string of the molecule is CCNC(CCc1nccn1C)CCC(F)(F)F. The molecule has 0 bridgehead atoms. The highest BCUT2D eigenvalue weighted by Gasteiger charge is 2.28. The first kappa shape index (κ1) is 15.0. The molecule has 0 radical (unpaired) electrons. The minimum Gasteiger partial charge on any atom is -0.338 e. The third-order valence-corrected chi connectivity index (χ3v) is 2.91. The van der Waals surface area contributed by atoms with E-state index in [-0.39, 0.29) is 12.5 Å². The van der Waals surface area contributed by atoms with Crippen LogP contribution in [0.15, 0.2) is 12.4 Å². The highest BCUT2D eigenvalue weighted by molar-refractivity contribution is 4.92. The van der Waals surface area contributed by atoms with Gasteiger partial charge in [0.1, 0.15) is 5.82 Å². The van der Waals surface area contributed by atoms with Gasteiger partial charge in [-0.2, -0.15) is 13.2 Å². The van der Waals surface area contributed by atoms with Crippen LogP contribution in [0.1, 0.15) is 32.0 Å². The Morgan fingerprint density at radius 3 is 2.61 bits per heavy atom. The molecular weight excluding hydrogens is 243 g/mol. The van der Waals surface area contributed by atoms with E-state index in [2.05, 4.69) is 10.3 Å². The fourth-order valence-electron chi connectivity index (χ4n) is 1.92. The van der Waals surface area contributed by atoms with Crippen LogP contribution in [-0.4, -0.2) is 28.3 Å². The molecule has 1 unspecified atom stereocenters. The maximum atomic E-state index is 12.2. The van der Waals surface area contributed by atoms with Crippen LogP contribution in [0.5, 0.6) is 0 Å². The van der Waals surface area contributed by atoms with Gasteiger partial charge in [-0.15, -0.1) is 0 Å². The predicted octanol–water partition coefficient (Wildman–Crippen LogP) is 2.67. The van der Waals surface area contributed by atoms with E-state index in [9.17, 15) is 13.2 Å². The Balaban J connectivity index is 2.40. The number of hydrogen-bond donors (Lipinski definition) is 1. The first-order valence-corrected chi connectivity index (χ1v) is 6.18. The summed E-state index contributed by atoms with van der Waals surface area (Å²) in [6.07, 6.45) is 0.234. The average Bonchev–Trinajstić information content (AvgIpc) is 2.67. The van der Waals surface area contributed by atoms with Crippen molar-refractivity contribution in [3.8, 4) is 0 Å². The molecule has 0 fully saturated rings. The fourth-order valence-corrected chi connectivity index (χ4v) is 1.92. The second-order valence-corrected chi connectivity index (χ2v) is 4.40. The smallest absolute Gasteiger partial charge is 0.338 e. The highest BCUT2D eigenvalue weighted by Crippen LogP contribution is 2.23. The lowest BCUT2D eigenvalue weighted by Gasteiger charge is -2.18. The second-order valence-electron chi connectivity index (χ2n) is 4.40. The lowest BCUT2D eigenvalue weighted by atomic mass is 10.1. The number of imidazole rings is 1. The van der Waals surface area contributed by atoms with Gasteiger partial charge in [0, 0.05) is 38.3 Å². The molecule has 0 aliphatic heterocycles. The van der Waals surface area contributed by atoms with Gasteiger partial charge in [-0.3, -0.25) is 0 Å². The van der Waals surface area contributed by atoms with Gasteiger partial charge in [-0.1, -0.05) is 6.92 Å².